The highest BCUT2D eigenvalue weighted by Crippen LogP contribution is 2.29. The van der Waals surface area contributed by atoms with Crippen LogP contribution in [0.1, 0.15) is 16.7 Å². The predicted molar refractivity (Wildman–Crippen MR) is 149 cm³/mol. The van der Waals surface area contributed by atoms with Crippen LogP contribution >= 0.6 is 27.5 Å². The molecule has 1 heterocycles. The minimum absolute atomic E-state index is 0.183. The first-order valence-electron chi connectivity index (χ1n) is 11.5. The van der Waals surface area contributed by atoms with Crippen LogP contribution in [0.3, 0.4) is 0 Å². The van der Waals surface area contributed by atoms with Crippen LogP contribution in [0.5, 0.6) is 0 Å². The van der Waals surface area contributed by atoms with Gasteiger partial charge >= 0.3 is 6.03 Å². The van der Waals surface area contributed by atoms with Crippen LogP contribution < -0.4 is 16.0 Å². The van der Waals surface area contributed by atoms with E-state index in [4.69, 9.17) is 16.6 Å². The van der Waals surface area contributed by atoms with Gasteiger partial charge in [0.15, 0.2) is 0 Å². The number of benzodiazepines with no additional fused rings is 1. The standard InChI is InChI=1S/C27H27BrClN5O2/c1-34(2)14-13-30-27(36)31-20-10-7-17(8-11-20)25-21-16-19(29)9-12-23(21)33-26(35)24(32-25)15-18-5-3-4-6-22(18)28/h3-12,16,24H,13-15H2,1-2H3,(H,33,35)(H2,30,31,36). The van der Waals surface area contributed by atoms with Crippen LogP contribution in [0.25, 0.3) is 0 Å². The maximum absolute atomic E-state index is 13.1. The molecule has 36 heavy (non-hydrogen) atoms. The number of carbonyl (C=O) groups is 2. The molecule has 7 nitrogen and oxygen atoms in total. The summed E-state index contributed by atoms with van der Waals surface area (Å²) in [5.41, 5.74) is 4.51. The molecule has 0 bridgehead atoms. The van der Waals surface area contributed by atoms with E-state index in [0.29, 0.717) is 35.1 Å². The van der Waals surface area contributed by atoms with Gasteiger partial charge in [-0.15, -0.1) is 0 Å². The van der Waals surface area contributed by atoms with Crippen molar-refractivity contribution in [3.63, 3.8) is 0 Å². The molecule has 1 aliphatic rings. The van der Waals surface area contributed by atoms with E-state index in [0.717, 1.165) is 27.7 Å². The van der Waals surface area contributed by atoms with Crippen LogP contribution in [0, 0.1) is 0 Å². The third-order valence-electron chi connectivity index (χ3n) is 5.71. The molecule has 4 rings (SSSR count). The Morgan fingerprint density at radius 2 is 1.86 bits per heavy atom. The van der Waals surface area contributed by atoms with Gasteiger partial charge in [-0.25, -0.2) is 4.79 Å². The SMILES string of the molecule is CN(C)CCNC(=O)Nc1ccc(C2=NC(Cc3ccccc3Br)C(=O)Nc3ccc(Cl)cc32)cc1. The minimum atomic E-state index is -0.634. The number of likely N-dealkylation sites (N-methyl/N-ethyl adjacent to an activating group) is 1. The molecule has 0 fully saturated rings. The van der Waals surface area contributed by atoms with Crippen molar-refractivity contribution in [2.24, 2.45) is 4.99 Å². The lowest BCUT2D eigenvalue weighted by atomic mass is 10.00. The molecule has 0 aromatic heterocycles. The summed E-state index contributed by atoms with van der Waals surface area (Å²) in [5.74, 6) is -0.183. The number of aliphatic imine (C=N–C) groups is 1. The first-order chi connectivity index (χ1) is 17.3. The van der Waals surface area contributed by atoms with E-state index in [9.17, 15) is 9.59 Å². The Balaban J connectivity index is 1.62. The molecule has 1 unspecified atom stereocenters. The minimum Gasteiger partial charge on any atom is -0.337 e. The number of halogens is 2. The largest absolute Gasteiger partial charge is 0.337 e. The average molecular weight is 569 g/mol. The summed E-state index contributed by atoms with van der Waals surface area (Å²) in [7, 11) is 3.90. The fourth-order valence-electron chi connectivity index (χ4n) is 3.84. The van der Waals surface area contributed by atoms with E-state index in [1.54, 1.807) is 18.2 Å². The maximum atomic E-state index is 13.1. The van der Waals surface area contributed by atoms with Gasteiger partial charge in [-0.1, -0.05) is 57.9 Å². The number of nitrogens with zero attached hydrogens (tertiary/aromatic N) is 2. The normalized spacial score (nSPS) is 15.0. The molecular weight excluding hydrogens is 542 g/mol. The van der Waals surface area contributed by atoms with E-state index in [1.807, 2.05) is 67.5 Å². The van der Waals surface area contributed by atoms with E-state index >= 15 is 0 Å². The summed E-state index contributed by atoms with van der Waals surface area (Å²) in [6.07, 6.45) is 0.436. The smallest absolute Gasteiger partial charge is 0.319 e. The van der Waals surface area contributed by atoms with Gasteiger partial charge in [-0.2, -0.15) is 0 Å². The van der Waals surface area contributed by atoms with Gasteiger partial charge in [-0.05, 0) is 56.1 Å². The fraction of sp³-hybridized carbons (Fsp3) is 0.222. The lowest BCUT2D eigenvalue weighted by molar-refractivity contribution is -0.117. The van der Waals surface area contributed by atoms with Gasteiger partial charge < -0.3 is 20.9 Å². The summed E-state index contributed by atoms with van der Waals surface area (Å²) >= 11 is 9.89. The second-order valence-electron chi connectivity index (χ2n) is 8.73. The van der Waals surface area contributed by atoms with Crippen molar-refractivity contribution < 1.29 is 9.59 Å². The molecule has 3 N–H and O–H groups in total. The molecular formula is C27H27BrClN5O2. The summed E-state index contributed by atoms with van der Waals surface area (Å²) in [6.45, 7) is 1.30. The maximum Gasteiger partial charge on any atom is 0.319 e. The second kappa shape index (κ2) is 11.7. The molecule has 3 amide bonds. The molecule has 0 spiro atoms. The Kier molecular flexibility index (Phi) is 8.40. The van der Waals surface area contributed by atoms with Crippen molar-refractivity contribution in [3.05, 3.63) is 92.9 Å². The first kappa shape index (κ1) is 25.9. The fourth-order valence-corrected chi connectivity index (χ4v) is 4.46. The summed E-state index contributed by atoms with van der Waals surface area (Å²) in [4.78, 5) is 32.2. The third kappa shape index (κ3) is 6.51. The molecule has 1 aliphatic heterocycles. The molecule has 0 aliphatic carbocycles. The number of amides is 3. The zero-order chi connectivity index (χ0) is 25.7. The Morgan fingerprint density at radius 3 is 2.58 bits per heavy atom. The number of nitrogens with one attached hydrogen (secondary N) is 3. The van der Waals surface area contributed by atoms with Crippen LogP contribution in [-0.4, -0.2) is 55.8 Å². The number of hydrogen-bond donors (Lipinski definition) is 3. The summed E-state index contributed by atoms with van der Waals surface area (Å²) < 4.78 is 0.929. The molecule has 0 saturated carbocycles. The average Bonchev–Trinajstić information content (AvgIpc) is 2.97. The monoisotopic (exact) mass is 567 g/mol. The third-order valence-corrected chi connectivity index (χ3v) is 6.72. The summed E-state index contributed by atoms with van der Waals surface area (Å²) in [5, 5.41) is 9.22. The van der Waals surface area contributed by atoms with Gasteiger partial charge in [0, 0.05) is 45.8 Å². The van der Waals surface area contributed by atoms with Gasteiger partial charge in [-0.3, -0.25) is 9.79 Å². The summed E-state index contributed by atoms with van der Waals surface area (Å²) in [6, 6.07) is 19.6. The van der Waals surface area contributed by atoms with Crippen molar-refractivity contribution >= 4 is 56.6 Å². The van der Waals surface area contributed by atoms with Gasteiger partial charge in [0.05, 0.1) is 11.4 Å². The number of rotatable bonds is 7. The number of urea groups is 1. The highest BCUT2D eigenvalue weighted by Gasteiger charge is 2.27. The zero-order valence-corrected chi connectivity index (χ0v) is 22.4. The Hall–Kier alpha value is -3.20. The van der Waals surface area contributed by atoms with E-state index in [2.05, 4.69) is 31.9 Å². The number of fused-ring (bicyclic) bond motifs is 1. The molecule has 9 heteroatoms. The first-order valence-corrected chi connectivity index (χ1v) is 12.7. The van der Waals surface area contributed by atoms with Crippen LogP contribution in [0.2, 0.25) is 5.02 Å². The Bertz CT molecular complexity index is 1290. The topological polar surface area (TPSA) is 85.8 Å². The molecule has 0 saturated heterocycles. The molecule has 3 aromatic rings. The predicted octanol–water partition coefficient (Wildman–Crippen LogP) is 5.19. The van der Waals surface area contributed by atoms with E-state index in [1.165, 1.54) is 0 Å². The number of hydrogen-bond acceptors (Lipinski definition) is 4. The number of anilines is 2. The molecule has 186 valence electrons. The highest BCUT2D eigenvalue weighted by atomic mass is 79.9. The Morgan fingerprint density at radius 1 is 1.11 bits per heavy atom. The molecule has 1 atom stereocenters. The highest BCUT2D eigenvalue weighted by molar-refractivity contribution is 9.10. The van der Waals surface area contributed by atoms with Crippen LogP contribution in [0.4, 0.5) is 16.2 Å². The lowest BCUT2D eigenvalue weighted by Gasteiger charge is -2.13. The quantitative estimate of drug-likeness (QED) is 0.367. The zero-order valence-electron chi connectivity index (χ0n) is 20.0. The molecule has 3 aromatic carbocycles. The van der Waals surface area contributed by atoms with Crippen molar-refractivity contribution in [2.45, 2.75) is 12.5 Å². The van der Waals surface area contributed by atoms with Crippen molar-refractivity contribution in [3.8, 4) is 0 Å². The van der Waals surface area contributed by atoms with Crippen LogP contribution in [-0.2, 0) is 11.2 Å². The van der Waals surface area contributed by atoms with Crippen molar-refractivity contribution in [1.29, 1.82) is 0 Å². The number of carbonyl (C=O) groups excluding carboxylic acids is 2. The van der Waals surface area contributed by atoms with Crippen LogP contribution in [0.15, 0.2) is 76.2 Å². The Labute approximate surface area is 224 Å². The van der Waals surface area contributed by atoms with Crippen molar-refractivity contribution in [2.75, 3.05) is 37.8 Å². The van der Waals surface area contributed by atoms with Gasteiger partial charge in [0.1, 0.15) is 6.04 Å². The van der Waals surface area contributed by atoms with E-state index < -0.39 is 6.04 Å². The van der Waals surface area contributed by atoms with Crippen molar-refractivity contribution in [1.82, 2.24) is 10.2 Å². The number of benzene rings is 3. The second-order valence-corrected chi connectivity index (χ2v) is 10.0. The lowest BCUT2D eigenvalue weighted by Crippen LogP contribution is -2.34. The molecule has 0 radical (unpaired) electrons. The van der Waals surface area contributed by atoms with E-state index in [-0.39, 0.29) is 11.9 Å². The van der Waals surface area contributed by atoms with Gasteiger partial charge in [0.25, 0.3) is 0 Å². The van der Waals surface area contributed by atoms with Gasteiger partial charge in [0.2, 0.25) is 5.91 Å².